The molecule has 7 heteroatoms. The summed E-state index contributed by atoms with van der Waals surface area (Å²) >= 11 is 0. The molecule has 21 heavy (non-hydrogen) atoms. The van der Waals surface area contributed by atoms with Gasteiger partial charge in [-0.1, -0.05) is 6.07 Å². The normalized spacial score (nSPS) is 14.3. The predicted octanol–water partition coefficient (Wildman–Crippen LogP) is 3.68. The van der Waals surface area contributed by atoms with Crippen LogP contribution in [0.25, 0.3) is 0 Å². The summed E-state index contributed by atoms with van der Waals surface area (Å²) < 4.78 is 41.5. The van der Waals surface area contributed by atoms with Crippen LogP contribution in [0.5, 0.6) is 5.75 Å². The molecule has 4 nitrogen and oxygen atoms in total. The molecule has 0 saturated heterocycles. The van der Waals surface area contributed by atoms with E-state index in [9.17, 15) is 23.1 Å². The standard InChI is InChI=1S/C14H18F3NO3/c1-13(12(19)20,7-4-8-14(15,16)17)18-10-5-3-6-11(9-10)21-2/h3,5-6,9,18H,4,7-8H2,1-2H3,(H,19,20). The van der Waals surface area contributed by atoms with Crippen molar-refractivity contribution in [3.05, 3.63) is 24.3 Å². The van der Waals surface area contributed by atoms with E-state index in [4.69, 9.17) is 4.74 Å². The molecule has 0 aliphatic rings. The van der Waals surface area contributed by atoms with Gasteiger partial charge in [-0.15, -0.1) is 0 Å². The number of anilines is 1. The molecule has 1 rings (SSSR count). The highest BCUT2D eigenvalue weighted by atomic mass is 19.4. The number of carbonyl (C=O) groups is 1. The van der Waals surface area contributed by atoms with Crippen molar-refractivity contribution in [1.29, 1.82) is 0 Å². The van der Waals surface area contributed by atoms with Gasteiger partial charge in [-0.25, -0.2) is 4.79 Å². The number of carboxylic acid groups (broad SMARTS) is 1. The Morgan fingerprint density at radius 1 is 1.33 bits per heavy atom. The Labute approximate surface area is 120 Å². The van der Waals surface area contributed by atoms with Gasteiger partial charge in [-0.2, -0.15) is 13.2 Å². The van der Waals surface area contributed by atoms with Gasteiger partial charge in [0.15, 0.2) is 0 Å². The van der Waals surface area contributed by atoms with E-state index in [2.05, 4.69) is 5.32 Å². The highest BCUT2D eigenvalue weighted by molar-refractivity contribution is 5.82. The SMILES string of the molecule is COc1cccc(NC(C)(CCCC(F)(F)F)C(=O)O)c1. The van der Waals surface area contributed by atoms with E-state index in [-0.39, 0.29) is 12.8 Å². The van der Waals surface area contributed by atoms with Crippen molar-refractivity contribution in [3.8, 4) is 5.75 Å². The number of hydrogen-bond acceptors (Lipinski definition) is 3. The summed E-state index contributed by atoms with van der Waals surface area (Å²) in [5.74, 6) is -0.671. The fourth-order valence-corrected chi connectivity index (χ4v) is 1.88. The van der Waals surface area contributed by atoms with E-state index in [1.165, 1.54) is 14.0 Å². The van der Waals surface area contributed by atoms with Crippen LogP contribution in [0.2, 0.25) is 0 Å². The Kier molecular flexibility index (Phi) is 5.46. The Morgan fingerprint density at radius 2 is 2.00 bits per heavy atom. The van der Waals surface area contributed by atoms with Crippen LogP contribution in [0.3, 0.4) is 0 Å². The maximum atomic E-state index is 12.2. The number of halogens is 3. The molecule has 0 spiro atoms. The lowest BCUT2D eigenvalue weighted by Crippen LogP contribution is -2.43. The molecular weight excluding hydrogens is 287 g/mol. The lowest BCUT2D eigenvalue weighted by Gasteiger charge is -2.28. The molecule has 0 saturated carbocycles. The summed E-state index contributed by atoms with van der Waals surface area (Å²) in [7, 11) is 1.47. The highest BCUT2D eigenvalue weighted by Gasteiger charge is 2.35. The number of hydrogen-bond donors (Lipinski definition) is 2. The Balaban J connectivity index is 2.77. The topological polar surface area (TPSA) is 58.6 Å². The zero-order valence-electron chi connectivity index (χ0n) is 11.8. The van der Waals surface area contributed by atoms with Gasteiger partial charge in [-0.3, -0.25) is 0 Å². The molecule has 1 aromatic rings. The first kappa shape index (κ1) is 17.1. The van der Waals surface area contributed by atoms with Crippen molar-refractivity contribution >= 4 is 11.7 Å². The molecule has 2 N–H and O–H groups in total. The molecule has 0 fully saturated rings. The number of ether oxygens (including phenoxy) is 1. The number of alkyl halides is 3. The predicted molar refractivity (Wildman–Crippen MR) is 72.6 cm³/mol. The number of methoxy groups -OCH3 is 1. The van der Waals surface area contributed by atoms with Gasteiger partial charge in [-0.05, 0) is 31.9 Å². The Bertz CT molecular complexity index is 491. The molecule has 0 radical (unpaired) electrons. The summed E-state index contributed by atoms with van der Waals surface area (Å²) in [6.07, 6.45) is -5.69. The smallest absolute Gasteiger partial charge is 0.389 e. The molecule has 0 aliphatic heterocycles. The molecule has 0 aliphatic carbocycles. The Morgan fingerprint density at radius 3 is 2.52 bits per heavy atom. The summed E-state index contributed by atoms with van der Waals surface area (Å²) in [5.41, 5.74) is -0.997. The van der Waals surface area contributed by atoms with E-state index in [1.807, 2.05) is 0 Å². The quantitative estimate of drug-likeness (QED) is 0.806. The van der Waals surface area contributed by atoms with Gasteiger partial charge in [0.1, 0.15) is 11.3 Å². The van der Waals surface area contributed by atoms with E-state index in [1.54, 1.807) is 24.3 Å². The molecule has 0 bridgehead atoms. The maximum absolute atomic E-state index is 12.2. The zero-order valence-corrected chi connectivity index (χ0v) is 11.8. The zero-order chi connectivity index (χ0) is 16.1. The monoisotopic (exact) mass is 305 g/mol. The largest absolute Gasteiger partial charge is 0.497 e. The Hall–Kier alpha value is -1.92. The summed E-state index contributed by atoms with van der Waals surface area (Å²) in [5, 5.41) is 12.0. The first-order valence-electron chi connectivity index (χ1n) is 6.39. The van der Waals surface area contributed by atoms with Gasteiger partial charge >= 0.3 is 12.1 Å². The third-order valence-corrected chi connectivity index (χ3v) is 3.10. The lowest BCUT2D eigenvalue weighted by atomic mass is 9.94. The second kappa shape index (κ2) is 6.69. The molecule has 0 amide bonds. The van der Waals surface area contributed by atoms with Crippen LogP contribution in [0.4, 0.5) is 18.9 Å². The van der Waals surface area contributed by atoms with Crippen molar-refractivity contribution in [2.75, 3.05) is 12.4 Å². The van der Waals surface area contributed by atoms with Gasteiger partial charge in [0, 0.05) is 18.2 Å². The molecule has 0 aromatic heterocycles. The first-order chi connectivity index (χ1) is 9.66. The maximum Gasteiger partial charge on any atom is 0.389 e. The van der Waals surface area contributed by atoms with Crippen molar-refractivity contribution in [3.63, 3.8) is 0 Å². The summed E-state index contributed by atoms with van der Waals surface area (Å²) in [6.45, 7) is 1.37. The van der Waals surface area contributed by atoms with Crippen LogP contribution in [0, 0.1) is 0 Å². The number of aliphatic carboxylic acids is 1. The van der Waals surface area contributed by atoms with E-state index >= 15 is 0 Å². The summed E-state index contributed by atoms with van der Waals surface area (Å²) in [4.78, 5) is 11.4. The van der Waals surface area contributed by atoms with Gasteiger partial charge in [0.05, 0.1) is 7.11 Å². The number of benzene rings is 1. The second-order valence-electron chi connectivity index (χ2n) is 4.96. The van der Waals surface area contributed by atoms with Crippen molar-refractivity contribution < 1.29 is 27.8 Å². The first-order valence-corrected chi connectivity index (χ1v) is 6.39. The number of carboxylic acids is 1. The molecular formula is C14H18F3NO3. The van der Waals surface area contributed by atoms with Crippen LogP contribution < -0.4 is 10.1 Å². The fraction of sp³-hybridized carbons (Fsp3) is 0.500. The fourth-order valence-electron chi connectivity index (χ4n) is 1.88. The number of rotatable bonds is 7. The second-order valence-corrected chi connectivity index (χ2v) is 4.96. The molecule has 0 heterocycles. The molecule has 1 aromatic carbocycles. The lowest BCUT2D eigenvalue weighted by molar-refractivity contribution is -0.145. The average molecular weight is 305 g/mol. The average Bonchev–Trinajstić information content (AvgIpc) is 2.37. The van der Waals surface area contributed by atoms with Crippen LogP contribution in [-0.2, 0) is 4.79 Å². The van der Waals surface area contributed by atoms with Gasteiger partial charge in [0.25, 0.3) is 0 Å². The van der Waals surface area contributed by atoms with E-state index < -0.39 is 24.1 Å². The minimum atomic E-state index is -4.28. The van der Waals surface area contributed by atoms with E-state index in [0.717, 1.165) is 0 Å². The van der Waals surface area contributed by atoms with Gasteiger partial charge < -0.3 is 15.2 Å². The van der Waals surface area contributed by atoms with Crippen LogP contribution >= 0.6 is 0 Å². The minimum absolute atomic E-state index is 0.140. The highest BCUT2D eigenvalue weighted by Crippen LogP contribution is 2.28. The number of nitrogens with one attached hydrogen (secondary N) is 1. The van der Waals surface area contributed by atoms with Crippen LogP contribution in [0.15, 0.2) is 24.3 Å². The van der Waals surface area contributed by atoms with Crippen LogP contribution in [-0.4, -0.2) is 29.9 Å². The summed E-state index contributed by atoms with van der Waals surface area (Å²) in [6, 6.07) is 6.57. The van der Waals surface area contributed by atoms with Crippen molar-refractivity contribution in [2.24, 2.45) is 0 Å². The molecule has 118 valence electrons. The van der Waals surface area contributed by atoms with Gasteiger partial charge in [0.2, 0.25) is 0 Å². The molecule has 1 unspecified atom stereocenters. The third-order valence-electron chi connectivity index (χ3n) is 3.10. The minimum Gasteiger partial charge on any atom is -0.497 e. The molecule has 1 atom stereocenters. The van der Waals surface area contributed by atoms with Crippen molar-refractivity contribution in [1.82, 2.24) is 0 Å². The van der Waals surface area contributed by atoms with Crippen molar-refractivity contribution in [2.45, 2.75) is 37.9 Å². The van der Waals surface area contributed by atoms with Crippen LogP contribution in [0.1, 0.15) is 26.2 Å². The van der Waals surface area contributed by atoms with E-state index in [0.29, 0.717) is 11.4 Å². The third kappa shape index (κ3) is 5.53.